The monoisotopic (exact) mass is 480 g/mol. The number of nitrogens with zero attached hydrogens (tertiary/aromatic N) is 2. The molecule has 0 radical (unpaired) electrons. The predicted octanol–water partition coefficient (Wildman–Crippen LogP) is 6.54. The summed E-state index contributed by atoms with van der Waals surface area (Å²) >= 11 is 1.30. The summed E-state index contributed by atoms with van der Waals surface area (Å²) in [6.45, 7) is 0. The summed E-state index contributed by atoms with van der Waals surface area (Å²) in [4.78, 5) is 31.9. The van der Waals surface area contributed by atoms with Crippen LogP contribution in [0.3, 0.4) is 0 Å². The lowest BCUT2D eigenvalue weighted by Crippen LogP contribution is -2.28. The minimum absolute atomic E-state index is 0.170. The normalized spacial score (nSPS) is 15.7. The lowest BCUT2D eigenvalue weighted by molar-refractivity contribution is -0.113. The number of anilines is 1. The van der Waals surface area contributed by atoms with E-state index < -0.39 is 5.97 Å². The number of carbonyl (C=O) groups is 2. The van der Waals surface area contributed by atoms with Crippen LogP contribution in [0, 0.1) is 0 Å². The molecular weight excluding hydrogens is 460 g/mol. The van der Waals surface area contributed by atoms with E-state index in [1.165, 1.54) is 18.9 Å². The van der Waals surface area contributed by atoms with Gasteiger partial charge < -0.3 is 9.15 Å². The molecule has 0 aliphatic carbocycles. The Bertz CT molecular complexity index is 1420. The molecule has 5 rings (SSSR count). The number of para-hydroxylation sites is 2. The highest BCUT2D eigenvalue weighted by atomic mass is 32.2. The average molecular weight is 481 g/mol. The first-order chi connectivity index (χ1) is 17.1. The topological polar surface area (TPSA) is 72.1 Å². The molecule has 6 nitrogen and oxygen atoms in total. The number of aliphatic imine (C=N–C) groups is 1. The van der Waals surface area contributed by atoms with Crippen LogP contribution in [0.15, 0.2) is 111 Å². The number of ether oxygens (including phenoxy) is 1. The number of rotatable bonds is 5. The van der Waals surface area contributed by atoms with E-state index in [-0.39, 0.29) is 5.91 Å². The molecule has 0 saturated carbocycles. The number of hydrogen-bond donors (Lipinski definition) is 0. The van der Waals surface area contributed by atoms with Crippen LogP contribution in [0.25, 0.3) is 17.4 Å². The third-order valence-electron chi connectivity index (χ3n) is 5.29. The van der Waals surface area contributed by atoms with E-state index in [0.717, 1.165) is 16.9 Å². The quantitative estimate of drug-likeness (QED) is 0.239. The second-order valence-corrected chi connectivity index (χ2v) is 8.60. The van der Waals surface area contributed by atoms with Crippen LogP contribution in [0.2, 0.25) is 0 Å². The van der Waals surface area contributed by atoms with Crippen molar-refractivity contribution in [2.45, 2.75) is 0 Å². The van der Waals surface area contributed by atoms with Gasteiger partial charge in [-0.05, 0) is 60.3 Å². The Hall–Kier alpha value is -4.36. The molecule has 0 N–H and O–H groups in total. The van der Waals surface area contributed by atoms with Gasteiger partial charge in [-0.2, -0.15) is 0 Å². The summed E-state index contributed by atoms with van der Waals surface area (Å²) in [7, 11) is 1.35. The van der Waals surface area contributed by atoms with Gasteiger partial charge in [-0.3, -0.25) is 9.69 Å². The first kappa shape index (κ1) is 22.4. The molecule has 0 spiro atoms. The Kier molecular flexibility index (Phi) is 6.32. The van der Waals surface area contributed by atoms with Crippen LogP contribution >= 0.6 is 11.8 Å². The number of methoxy groups -OCH3 is 1. The van der Waals surface area contributed by atoms with Crippen molar-refractivity contribution < 1.29 is 18.7 Å². The summed E-state index contributed by atoms with van der Waals surface area (Å²) in [5.41, 5.74) is 2.78. The maximum atomic E-state index is 13.4. The van der Waals surface area contributed by atoms with Crippen molar-refractivity contribution in [2.24, 2.45) is 4.99 Å². The van der Waals surface area contributed by atoms with Gasteiger partial charge in [-0.15, -0.1) is 0 Å². The van der Waals surface area contributed by atoms with Gasteiger partial charge in [0.15, 0.2) is 5.17 Å². The largest absolute Gasteiger partial charge is 0.465 e. The number of amidine groups is 1. The van der Waals surface area contributed by atoms with Crippen molar-refractivity contribution in [3.05, 3.63) is 113 Å². The van der Waals surface area contributed by atoms with E-state index in [0.29, 0.717) is 27.2 Å². The number of benzene rings is 3. The van der Waals surface area contributed by atoms with Gasteiger partial charge in [-0.25, -0.2) is 9.79 Å². The molecule has 7 heteroatoms. The van der Waals surface area contributed by atoms with E-state index in [1.54, 1.807) is 35.2 Å². The summed E-state index contributed by atoms with van der Waals surface area (Å²) < 4.78 is 10.7. The first-order valence-electron chi connectivity index (χ1n) is 10.8. The van der Waals surface area contributed by atoms with Crippen LogP contribution in [0.4, 0.5) is 11.4 Å². The second kappa shape index (κ2) is 9.87. The Morgan fingerprint density at radius 2 is 1.60 bits per heavy atom. The summed E-state index contributed by atoms with van der Waals surface area (Å²) in [6.07, 6.45) is 1.72. The van der Waals surface area contributed by atoms with Crippen molar-refractivity contribution in [3.63, 3.8) is 0 Å². The van der Waals surface area contributed by atoms with Gasteiger partial charge in [0.05, 0.1) is 29.0 Å². The van der Waals surface area contributed by atoms with Crippen molar-refractivity contribution in [3.8, 4) is 11.3 Å². The number of carbonyl (C=O) groups excluding carboxylic acids is 2. The lowest BCUT2D eigenvalue weighted by atomic mass is 10.1. The predicted molar refractivity (Wildman–Crippen MR) is 139 cm³/mol. The highest BCUT2D eigenvalue weighted by Gasteiger charge is 2.35. The fourth-order valence-corrected chi connectivity index (χ4v) is 4.55. The molecule has 35 heavy (non-hydrogen) atoms. The maximum absolute atomic E-state index is 13.4. The van der Waals surface area contributed by atoms with Crippen LogP contribution in [0.5, 0.6) is 0 Å². The number of furan rings is 1. The number of thioether (sulfide) groups is 1. The molecule has 1 fully saturated rings. The SMILES string of the molecule is COC(=O)c1ccc(-c2ccc(/C=C3/SC(=Nc4ccccc4)N(c4ccccc4)C3=O)o2)cc1. The highest BCUT2D eigenvalue weighted by molar-refractivity contribution is 8.19. The molecule has 2 heterocycles. The molecule has 0 atom stereocenters. The minimum atomic E-state index is -0.394. The molecule has 1 aliphatic rings. The standard InChI is InChI=1S/C28H20N2O4S/c1-33-27(32)20-14-12-19(13-15-20)24-17-16-23(34-24)18-25-26(31)30(22-10-6-3-7-11-22)28(35-25)29-21-8-4-2-5-9-21/h2-18H,1H3/b25-18+,29-28?. The van der Waals surface area contributed by atoms with Crippen molar-refractivity contribution in [1.29, 1.82) is 0 Å². The Morgan fingerprint density at radius 1 is 0.914 bits per heavy atom. The zero-order valence-corrected chi connectivity index (χ0v) is 19.6. The summed E-state index contributed by atoms with van der Waals surface area (Å²) in [5.74, 6) is 0.606. The number of amides is 1. The van der Waals surface area contributed by atoms with Gasteiger partial charge in [0, 0.05) is 11.6 Å². The highest BCUT2D eigenvalue weighted by Crippen LogP contribution is 2.37. The van der Waals surface area contributed by atoms with Gasteiger partial charge in [0.25, 0.3) is 5.91 Å². The Balaban J connectivity index is 1.45. The van der Waals surface area contributed by atoms with Crippen LogP contribution in [-0.4, -0.2) is 24.2 Å². The molecular formula is C28H20N2O4S. The van der Waals surface area contributed by atoms with Crippen LogP contribution in [0.1, 0.15) is 16.1 Å². The summed E-state index contributed by atoms with van der Waals surface area (Å²) in [6, 6.07) is 29.6. The molecule has 0 unspecified atom stereocenters. The molecule has 1 aromatic heterocycles. The fraction of sp³-hybridized carbons (Fsp3) is 0.0357. The van der Waals surface area contributed by atoms with E-state index in [4.69, 9.17) is 14.1 Å². The maximum Gasteiger partial charge on any atom is 0.337 e. The third-order valence-corrected chi connectivity index (χ3v) is 6.26. The molecule has 3 aromatic carbocycles. The number of esters is 1. The molecule has 0 bridgehead atoms. The van der Waals surface area contributed by atoms with Crippen LogP contribution < -0.4 is 4.90 Å². The number of hydrogen-bond acceptors (Lipinski definition) is 6. The average Bonchev–Trinajstić information content (AvgIpc) is 3.49. The first-order valence-corrected chi connectivity index (χ1v) is 11.7. The van der Waals surface area contributed by atoms with Gasteiger partial charge in [-0.1, -0.05) is 48.5 Å². The third kappa shape index (κ3) is 4.81. The van der Waals surface area contributed by atoms with Crippen LogP contribution in [-0.2, 0) is 9.53 Å². The zero-order chi connectivity index (χ0) is 24.2. The van der Waals surface area contributed by atoms with Gasteiger partial charge in [0.1, 0.15) is 11.5 Å². The second-order valence-electron chi connectivity index (χ2n) is 7.59. The van der Waals surface area contributed by atoms with Crippen molar-refractivity contribution >= 4 is 46.3 Å². The van der Waals surface area contributed by atoms with Gasteiger partial charge in [0.2, 0.25) is 0 Å². The Morgan fingerprint density at radius 3 is 2.29 bits per heavy atom. The van der Waals surface area contributed by atoms with Crippen molar-refractivity contribution in [1.82, 2.24) is 0 Å². The smallest absolute Gasteiger partial charge is 0.337 e. The molecule has 4 aromatic rings. The van der Waals surface area contributed by atoms with E-state index >= 15 is 0 Å². The van der Waals surface area contributed by atoms with E-state index in [2.05, 4.69) is 0 Å². The van der Waals surface area contributed by atoms with Gasteiger partial charge >= 0.3 is 5.97 Å². The fourth-order valence-electron chi connectivity index (χ4n) is 3.57. The van der Waals surface area contributed by atoms with Crippen molar-refractivity contribution in [2.75, 3.05) is 12.0 Å². The minimum Gasteiger partial charge on any atom is -0.465 e. The lowest BCUT2D eigenvalue weighted by Gasteiger charge is -2.15. The zero-order valence-electron chi connectivity index (χ0n) is 18.8. The molecule has 1 saturated heterocycles. The van der Waals surface area contributed by atoms with E-state index in [1.807, 2.05) is 72.8 Å². The molecule has 1 aliphatic heterocycles. The summed E-state index contributed by atoms with van der Waals surface area (Å²) in [5, 5.41) is 0.573. The van der Waals surface area contributed by atoms with E-state index in [9.17, 15) is 9.59 Å². The molecule has 172 valence electrons. The Labute approximate surface area is 206 Å². The molecule has 1 amide bonds.